The Bertz CT molecular complexity index is 1080. The van der Waals surface area contributed by atoms with Crippen LogP contribution < -0.4 is 0 Å². The number of benzene rings is 2. The summed E-state index contributed by atoms with van der Waals surface area (Å²) >= 11 is 0. The van der Waals surface area contributed by atoms with Crippen molar-refractivity contribution in [3.63, 3.8) is 0 Å². The van der Waals surface area contributed by atoms with Crippen molar-refractivity contribution in [3.8, 4) is 33.9 Å². The molecule has 4 nitrogen and oxygen atoms in total. The van der Waals surface area contributed by atoms with Gasteiger partial charge in [0, 0.05) is 38.7 Å². The minimum Gasteiger partial charge on any atom is -0.305 e. The molecule has 0 amide bonds. The van der Waals surface area contributed by atoms with Gasteiger partial charge in [0.2, 0.25) is 0 Å². The summed E-state index contributed by atoms with van der Waals surface area (Å²) < 4.78 is 0. The Hall–Kier alpha value is -3.53. The van der Waals surface area contributed by atoms with E-state index in [4.69, 9.17) is 0 Å². The van der Waals surface area contributed by atoms with Crippen LogP contribution in [0.2, 0.25) is 0 Å². The van der Waals surface area contributed by atoms with E-state index in [1.807, 2.05) is 84.9 Å². The summed E-state index contributed by atoms with van der Waals surface area (Å²) in [5.41, 5.74) is 5.46. The molecule has 1 radical (unpaired) electrons. The predicted molar refractivity (Wildman–Crippen MR) is 118 cm³/mol. The molecule has 0 bridgehead atoms. The minimum atomic E-state index is 0. The van der Waals surface area contributed by atoms with Crippen molar-refractivity contribution < 1.29 is 20.1 Å². The van der Waals surface area contributed by atoms with Crippen LogP contribution in [0.5, 0.6) is 0 Å². The number of pyridine rings is 2. The van der Waals surface area contributed by atoms with Crippen molar-refractivity contribution in [2.45, 2.75) is 0 Å². The molecular formula is C26H18IrN4-2. The first-order valence-corrected chi connectivity index (χ1v) is 9.49. The Labute approximate surface area is 195 Å². The van der Waals surface area contributed by atoms with E-state index in [2.05, 4.69) is 32.1 Å². The summed E-state index contributed by atoms with van der Waals surface area (Å²) in [6, 6.07) is 33.6. The molecule has 0 saturated carbocycles. The molecule has 5 aromatic rings. The molecule has 3 heterocycles. The summed E-state index contributed by atoms with van der Waals surface area (Å²) in [5.74, 6) is 0. The maximum absolute atomic E-state index is 4.58. The Morgan fingerprint density at radius 2 is 1.16 bits per heavy atom. The Morgan fingerprint density at radius 3 is 1.77 bits per heavy atom. The van der Waals surface area contributed by atoms with Gasteiger partial charge in [0.15, 0.2) is 0 Å². The number of hydrogen-bond acceptors (Lipinski definition) is 4. The fourth-order valence-electron chi connectivity index (χ4n) is 2.79. The number of aromatic nitrogens is 4. The van der Waals surface area contributed by atoms with Crippen LogP contribution in [0.3, 0.4) is 0 Å². The maximum Gasteiger partial charge on any atom is 0.106 e. The van der Waals surface area contributed by atoms with Crippen molar-refractivity contribution in [1.29, 1.82) is 0 Å². The van der Waals surface area contributed by atoms with Gasteiger partial charge in [0.1, 0.15) is 5.69 Å². The van der Waals surface area contributed by atoms with E-state index in [1.165, 1.54) is 0 Å². The number of nitrogens with zero attached hydrogens (tertiary/aromatic N) is 4. The third-order valence-electron chi connectivity index (χ3n) is 4.21. The molecule has 2 aromatic carbocycles. The first kappa shape index (κ1) is 22.2. The molecule has 31 heavy (non-hydrogen) atoms. The quantitative estimate of drug-likeness (QED) is 0.264. The van der Waals surface area contributed by atoms with Gasteiger partial charge < -0.3 is 4.98 Å². The van der Waals surface area contributed by atoms with E-state index in [9.17, 15) is 0 Å². The Balaban J connectivity index is 0.000000183. The van der Waals surface area contributed by atoms with E-state index in [0.717, 1.165) is 33.9 Å². The molecule has 0 aliphatic heterocycles. The fourth-order valence-corrected chi connectivity index (χ4v) is 2.79. The van der Waals surface area contributed by atoms with Gasteiger partial charge in [-0.2, -0.15) is 0 Å². The summed E-state index contributed by atoms with van der Waals surface area (Å²) in [5, 5.41) is 0. The average molecular weight is 579 g/mol. The zero-order chi connectivity index (χ0) is 20.4. The Morgan fingerprint density at radius 1 is 0.516 bits per heavy atom. The van der Waals surface area contributed by atoms with Crippen molar-refractivity contribution in [1.82, 2.24) is 19.9 Å². The van der Waals surface area contributed by atoms with E-state index in [0.29, 0.717) is 0 Å². The van der Waals surface area contributed by atoms with Crippen LogP contribution >= 0.6 is 0 Å². The van der Waals surface area contributed by atoms with Gasteiger partial charge in [-0.25, -0.2) is 0 Å². The molecule has 5 heteroatoms. The van der Waals surface area contributed by atoms with Crippen molar-refractivity contribution in [2.24, 2.45) is 0 Å². The average Bonchev–Trinajstić information content (AvgIpc) is 2.87. The Kier molecular flexibility index (Phi) is 8.29. The van der Waals surface area contributed by atoms with Crippen LogP contribution in [0.4, 0.5) is 0 Å². The molecule has 0 saturated heterocycles. The molecule has 153 valence electrons. The summed E-state index contributed by atoms with van der Waals surface area (Å²) in [4.78, 5) is 17.1. The third-order valence-corrected chi connectivity index (χ3v) is 4.21. The first-order chi connectivity index (χ1) is 14.9. The summed E-state index contributed by atoms with van der Waals surface area (Å²) in [6.07, 6.45) is 6.81. The second-order valence-corrected chi connectivity index (χ2v) is 6.27. The standard InChI is InChI=1S/C15H10N3.C11H8N.Ir/c1-2-5-12(6-3-1)13-7-4-8-14(18-13)15-11-16-9-10-17-15;1-2-6-10(7-3-1)11-8-4-5-9-12-11;/h1-5,7-11H;1-6,8-9H;/q2*-1;. The molecule has 5 rings (SSSR count). The predicted octanol–water partition coefficient (Wildman–Crippen LogP) is 5.55. The van der Waals surface area contributed by atoms with E-state index < -0.39 is 0 Å². The minimum absolute atomic E-state index is 0. The van der Waals surface area contributed by atoms with Gasteiger partial charge in [0.25, 0.3) is 0 Å². The topological polar surface area (TPSA) is 51.6 Å². The molecule has 0 N–H and O–H groups in total. The second-order valence-electron chi connectivity index (χ2n) is 6.27. The molecule has 0 atom stereocenters. The van der Waals surface area contributed by atoms with Gasteiger partial charge in [-0.15, -0.1) is 71.8 Å². The van der Waals surface area contributed by atoms with Crippen LogP contribution in [0.15, 0.2) is 110 Å². The van der Waals surface area contributed by atoms with Gasteiger partial charge in [-0.05, 0) is 23.5 Å². The first-order valence-electron chi connectivity index (χ1n) is 9.49. The van der Waals surface area contributed by atoms with E-state index >= 15 is 0 Å². The smallest absolute Gasteiger partial charge is 0.106 e. The zero-order valence-corrected chi connectivity index (χ0v) is 18.9. The van der Waals surface area contributed by atoms with Crippen LogP contribution in [-0.4, -0.2) is 19.9 Å². The van der Waals surface area contributed by atoms with Crippen LogP contribution in [-0.2, 0) is 20.1 Å². The van der Waals surface area contributed by atoms with Gasteiger partial charge in [-0.3, -0.25) is 15.0 Å². The molecular weight excluding hydrogens is 561 g/mol. The number of rotatable bonds is 3. The number of hydrogen-bond donors (Lipinski definition) is 0. The largest absolute Gasteiger partial charge is 0.305 e. The molecule has 0 spiro atoms. The second kappa shape index (κ2) is 11.6. The van der Waals surface area contributed by atoms with Crippen molar-refractivity contribution >= 4 is 0 Å². The molecule has 0 unspecified atom stereocenters. The fraction of sp³-hybridized carbons (Fsp3) is 0. The van der Waals surface area contributed by atoms with E-state index in [1.54, 1.807) is 24.8 Å². The molecule has 0 aliphatic carbocycles. The summed E-state index contributed by atoms with van der Waals surface area (Å²) in [7, 11) is 0. The van der Waals surface area contributed by atoms with Crippen LogP contribution in [0.25, 0.3) is 33.9 Å². The summed E-state index contributed by atoms with van der Waals surface area (Å²) in [6.45, 7) is 0. The van der Waals surface area contributed by atoms with Gasteiger partial charge >= 0.3 is 0 Å². The van der Waals surface area contributed by atoms with Crippen molar-refractivity contribution in [2.75, 3.05) is 0 Å². The van der Waals surface area contributed by atoms with Crippen molar-refractivity contribution in [3.05, 3.63) is 122 Å². The molecule has 3 aromatic heterocycles. The third kappa shape index (κ3) is 6.22. The maximum atomic E-state index is 4.58. The monoisotopic (exact) mass is 579 g/mol. The SMILES string of the molecule is [Ir].[c-]1ccccc1-c1cccc(-c2cnccn2)n1.[c-]1ccccc1-c1ccccn1. The van der Waals surface area contributed by atoms with Crippen LogP contribution in [0, 0.1) is 12.1 Å². The normalized spacial score (nSPS) is 9.68. The zero-order valence-electron chi connectivity index (χ0n) is 16.5. The van der Waals surface area contributed by atoms with Gasteiger partial charge in [-0.1, -0.05) is 24.3 Å². The molecule has 0 fully saturated rings. The molecule has 0 aliphatic rings. The van der Waals surface area contributed by atoms with Crippen LogP contribution in [0.1, 0.15) is 0 Å². The van der Waals surface area contributed by atoms with E-state index in [-0.39, 0.29) is 20.1 Å². The van der Waals surface area contributed by atoms with Gasteiger partial charge in [0.05, 0.1) is 11.9 Å².